The van der Waals surface area contributed by atoms with Crippen molar-refractivity contribution in [1.29, 1.82) is 0 Å². The summed E-state index contributed by atoms with van der Waals surface area (Å²) in [5.74, 6) is -1.89. The van der Waals surface area contributed by atoms with Gasteiger partial charge >= 0.3 is 5.97 Å². The van der Waals surface area contributed by atoms with E-state index in [0.717, 1.165) is 0 Å². The maximum atomic E-state index is 12.9. The molecule has 1 aromatic carbocycles. The van der Waals surface area contributed by atoms with E-state index >= 15 is 0 Å². The Morgan fingerprint density at radius 2 is 2.06 bits per heavy atom. The molecule has 0 aliphatic rings. The molecular weight excluding hydrogens is 215 g/mol. The first-order valence-corrected chi connectivity index (χ1v) is 4.59. The molecule has 0 aliphatic heterocycles. The number of carboxylic acid groups (broad SMARTS) is 1. The molecule has 1 aromatic rings. The van der Waals surface area contributed by atoms with Crippen LogP contribution >= 0.6 is 0 Å². The normalized spacial score (nSPS) is 10.1. The molecule has 0 saturated carbocycles. The van der Waals surface area contributed by atoms with E-state index < -0.39 is 12.6 Å². The number of ether oxygens (including phenoxy) is 1. The third kappa shape index (κ3) is 3.43. The minimum Gasteiger partial charge on any atom is -0.480 e. The van der Waals surface area contributed by atoms with Gasteiger partial charge in [0.05, 0.1) is 0 Å². The van der Waals surface area contributed by atoms with Gasteiger partial charge in [0.25, 0.3) is 0 Å². The van der Waals surface area contributed by atoms with E-state index in [1.165, 1.54) is 18.2 Å². The van der Waals surface area contributed by atoms with Crippen LogP contribution in [0.1, 0.15) is 15.9 Å². The van der Waals surface area contributed by atoms with Crippen LogP contribution in [0.5, 0.6) is 0 Å². The molecule has 0 radical (unpaired) electrons. The van der Waals surface area contributed by atoms with Crippen LogP contribution in [0.3, 0.4) is 0 Å². The molecule has 16 heavy (non-hydrogen) atoms. The topological polar surface area (TPSA) is 63.6 Å². The van der Waals surface area contributed by atoms with Crippen LogP contribution in [0.25, 0.3) is 0 Å². The second kappa shape index (κ2) is 5.37. The summed E-state index contributed by atoms with van der Waals surface area (Å²) in [7, 11) is 0. The number of carbonyl (C=O) groups is 2. The quantitative estimate of drug-likeness (QED) is 0.771. The molecule has 0 atom stereocenters. The molecule has 0 saturated heterocycles. The van der Waals surface area contributed by atoms with Gasteiger partial charge in [-0.15, -0.1) is 0 Å². The van der Waals surface area contributed by atoms with Gasteiger partial charge in [0.2, 0.25) is 0 Å². The maximum absolute atomic E-state index is 12.9. The molecule has 0 heterocycles. The van der Waals surface area contributed by atoms with Gasteiger partial charge < -0.3 is 9.84 Å². The molecule has 1 rings (SSSR count). The fraction of sp³-hybridized carbons (Fsp3) is 0.273. The largest absolute Gasteiger partial charge is 0.480 e. The Labute approximate surface area is 91.7 Å². The highest BCUT2D eigenvalue weighted by Crippen LogP contribution is 2.09. The Balaban J connectivity index is 2.59. The summed E-state index contributed by atoms with van der Waals surface area (Å²) in [6, 6.07) is 3.94. The molecule has 86 valence electrons. The average Bonchev–Trinajstić information content (AvgIpc) is 2.21. The van der Waals surface area contributed by atoms with Crippen LogP contribution in [-0.4, -0.2) is 30.1 Å². The molecule has 0 spiro atoms. The molecule has 0 amide bonds. The lowest BCUT2D eigenvalue weighted by atomic mass is 10.1. The lowest BCUT2D eigenvalue weighted by molar-refractivity contribution is -0.141. The van der Waals surface area contributed by atoms with Gasteiger partial charge in [-0.2, -0.15) is 0 Å². The van der Waals surface area contributed by atoms with E-state index in [0.29, 0.717) is 11.1 Å². The van der Waals surface area contributed by atoms with Crippen LogP contribution in [-0.2, 0) is 9.53 Å². The van der Waals surface area contributed by atoms with E-state index in [1.54, 1.807) is 6.92 Å². The molecule has 0 aliphatic carbocycles. The highest BCUT2D eigenvalue weighted by Gasteiger charge is 2.08. The standard InChI is InChI=1S/C11H11FO4/c1-7-4-8(2-3-9(7)12)10(13)5-16-6-11(14)15/h2-4H,5-6H2,1H3,(H,14,15). The summed E-state index contributed by atoms with van der Waals surface area (Å²) < 4.78 is 17.5. The molecule has 0 aromatic heterocycles. The summed E-state index contributed by atoms with van der Waals surface area (Å²) in [5, 5.41) is 8.29. The zero-order chi connectivity index (χ0) is 12.1. The van der Waals surface area contributed by atoms with Gasteiger partial charge in [0, 0.05) is 5.56 Å². The highest BCUT2D eigenvalue weighted by molar-refractivity contribution is 5.97. The minimum absolute atomic E-state index is 0.310. The van der Waals surface area contributed by atoms with Crippen LogP contribution in [0.15, 0.2) is 18.2 Å². The molecule has 0 unspecified atom stereocenters. The number of Topliss-reactive ketones (excluding diaryl/α,β-unsaturated/α-hetero) is 1. The zero-order valence-electron chi connectivity index (χ0n) is 8.70. The van der Waals surface area contributed by atoms with Gasteiger partial charge in [-0.05, 0) is 30.7 Å². The summed E-state index contributed by atoms with van der Waals surface area (Å²) in [6.45, 7) is 0.702. The van der Waals surface area contributed by atoms with E-state index in [1.807, 2.05) is 0 Å². The summed E-state index contributed by atoms with van der Waals surface area (Å²) >= 11 is 0. The van der Waals surface area contributed by atoms with Crippen molar-refractivity contribution in [3.05, 3.63) is 35.1 Å². The van der Waals surface area contributed by atoms with Crippen molar-refractivity contribution in [3.8, 4) is 0 Å². The van der Waals surface area contributed by atoms with Crippen LogP contribution in [0, 0.1) is 12.7 Å². The number of carbonyl (C=O) groups excluding carboxylic acids is 1. The number of halogens is 1. The lowest BCUT2D eigenvalue weighted by Gasteiger charge is -2.03. The van der Waals surface area contributed by atoms with Crippen LogP contribution < -0.4 is 0 Å². The Hall–Kier alpha value is -1.75. The van der Waals surface area contributed by atoms with Crippen molar-refractivity contribution < 1.29 is 23.8 Å². The number of rotatable bonds is 5. The SMILES string of the molecule is Cc1cc(C(=O)COCC(=O)O)ccc1F. The molecule has 5 heteroatoms. The van der Waals surface area contributed by atoms with E-state index in [2.05, 4.69) is 4.74 Å². The number of benzene rings is 1. The Bertz CT molecular complexity index is 414. The number of aryl methyl sites for hydroxylation is 1. The fourth-order valence-corrected chi connectivity index (χ4v) is 1.13. The number of aliphatic carboxylic acids is 1. The first-order valence-electron chi connectivity index (χ1n) is 4.59. The second-order valence-corrected chi connectivity index (χ2v) is 3.27. The van der Waals surface area contributed by atoms with Crippen molar-refractivity contribution in [2.45, 2.75) is 6.92 Å². The van der Waals surface area contributed by atoms with Gasteiger partial charge in [0.1, 0.15) is 19.0 Å². The van der Waals surface area contributed by atoms with Crippen molar-refractivity contribution in [1.82, 2.24) is 0 Å². The average molecular weight is 226 g/mol. The number of hydrogen-bond acceptors (Lipinski definition) is 3. The van der Waals surface area contributed by atoms with Gasteiger partial charge in [-0.25, -0.2) is 9.18 Å². The maximum Gasteiger partial charge on any atom is 0.329 e. The van der Waals surface area contributed by atoms with E-state index in [-0.39, 0.29) is 18.2 Å². The van der Waals surface area contributed by atoms with E-state index in [9.17, 15) is 14.0 Å². The highest BCUT2D eigenvalue weighted by atomic mass is 19.1. The van der Waals surface area contributed by atoms with Crippen molar-refractivity contribution in [2.75, 3.05) is 13.2 Å². The summed E-state index contributed by atoms with van der Waals surface area (Å²) in [4.78, 5) is 21.6. The third-order valence-electron chi connectivity index (χ3n) is 1.94. The number of carboxylic acids is 1. The van der Waals surface area contributed by atoms with Gasteiger partial charge in [-0.3, -0.25) is 4.79 Å². The molecule has 1 N–H and O–H groups in total. The van der Waals surface area contributed by atoms with E-state index in [4.69, 9.17) is 5.11 Å². The monoisotopic (exact) mass is 226 g/mol. The Kier molecular flexibility index (Phi) is 4.13. The van der Waals surface area contributed by atoms with Crippen LogP contribution in [0.2, 0.25) is 0 Å². The molecular formula is C11H11FO4. The van der Waals surface area contributed by atoms with Crippen molar-refractivity contribution >= 4 is 11.8 Å². The predicted molar refractivity (Wildman–Crippen MR) is 53.9 cm³/mol. The minimum atomic E-state index is -1.14. The first-order chi connectivity index (χ1) is 7.50. The number of ketones is 1. The van der Waals surface area contributed by atoms with Gasteiger partial charge in [0.15, 0.2) is 5.78 Å². The first kappa shape index (κ1) is 12.3. The summed E-state index contributed by atoms with van der Waals surface area (Å²) in [5.41, 5.74) is 0.674. The Morgan fingerprint density at radius 1 is 1.38 bits per heavy atom. The van der Waals surface area contributed by atoms with Gasteiger partial charge in [-0.1, -0.05) is 0 Å². The second-order valence-electron chi connectivity index (χ2n) is 3.27. The lowest BCUT2D eigenvalue weighted by Crippen LogP contribution is -2.14. The summed E-state index contributed by atoms with van der Waals surface area (Å²) in [6.07, 6.45) is 0. The molecule has 0 fully saturated rings. The molecule has 0 bridgehead atoms. The molecule has 4 nitrogen and oxygen atoms in total. The zero-order valence-corrected chi connectivity index (χ0v) is 8.70. The van der Waals surface area contributed by atoms with Crippen LogP contribution in [0.4, 0.5) is 4.39 Å². The third-order valence-corrected chi connectivity index (χ3v) is 1.94. The number of hydrogen-bond donors (Lipinski definition) is 1. The van der Waals surface area contributed by atoms with Crippen molar-refractivity contribution in [3.63, 3.8) is 0 Å². The predicted octanol–water partition coefficient (Wildman–Crippen LogP) is 1.42. The smallest absolute Gasteiger partial charge is 0.329 e. The van der Waals surface area contributed by atoms with Crippen molar-refractivity contribution in [2.24, 2.45) is 0 Å². The fourth-order valence-electron chi connectivity index (χ4n) is 1.13. The Morgan fingerprint density at radius 3 is 2.62 bits per heavy atom.